The Hall–Kier alpha value is -2.30. The molecule has 2 aromatic rings. The van der Waals surface area contributed by atoms with Crippen LogP contribution in [0.2, 0.25) is 0 Å². The zero-order chi connectivity index (χ0) is 19.0. The molecule has 1 heterocycles. The highest BCUT2D eigenvalue weighted by Crippen LogP contribution is 2.38. The van der Waals surface area contributed by atoms with Gasteiger partial charge in [-0.2, -0.15) is 13.2 Å². The number of rotatable bonds is 4. The number of nitrogens with zero attached hydrogens (tertiary/aromatic N) is 1. The Balaban J connectivity index is 2.67. The van der Waals surface area contributed by atoms with Gasteiger partial charge in [-0.1, -0.05) is 58.2 Å². The standard InChI is InChI=1S/C20H21F4N/c1-6-7-15(13(2)20(22,23)24)16-9-8-14-10-11-25(12-19(3,4)5)18(14)17(16)21/h6-11H,1-2,12H2,3-5H3/b15-7+. The Bertz CT molecular complexity index is 845. The van der Waals surface area contributed by atoms with Crippen LogP contribution in [-0.2, 0) is 6.54 Å². The van der Waals surface area contributed by atoms with Gasteiger partial charge in [0.05, 0.1) is 11.1 Å². The molecule has 1 nitrogen and oxygen atoms in total. The van der Waals surface area contributed by atoms with E-state index in [0.29, 0.717) is 11.9 Å². The molecule has 134 valence electrons. The minimum absolute atomic E-state index is 0.107. The van der Waals surface area contributed by atoms with Crippen LogP contribution in [0.5, 0.6) is 0 Å². The predicted molar refractivity (Wildman–Crippen MR) is 94.7 cm³/mol. The van der Waals surface area contributed by atoms with Crippen molar-refractivity contribution in [2.24, 2.45) is 5.41 Å². The molecule has 0 aliphatic carbocycles. The lowest BCUT2D eigenvalue weighted by atomic mass is 9.95. The second-order valence-electron chi connectivity index (χ2n) is 7.16. The van der Waals surface area contributed by atoms with Crippen LogP contribution < -0.4 is 0 Å². The van der Waals surface area contributed by atoms with Crippen LogP contribution in [0.1, 0.15) is 26.3 Å². The minimum atomic E-state index is -4.65. The van der Waals surface area contributed by atoms with Crippen LogP contribution in [0.4, 0.5) is 17.6 Å². The lowest BCUT2D eigenvalue weighted by Gasteiger charge is -2.21. The van der Waals surface area contributed by atoms with Gasteiger partial charge >= 0.3 is 6.18 Å². The molecule has 0 saturated carbocycles. The maximum absolute atomic E-state index is 15.2. The summed E-state index contributed by atoms with van der Waals surface area (Å²) in [5.41, 5.74) is -1.37. The summed E-state index contributed by atoms with van der Waals surface area (Å²) in [6.07, 6.45) is -0.566. The second kappa shape index (κ2) is 6.54. The lowest BCUT2D eigenvalue weighted by Crippen LogP contribution is -2.16. The van der Waals surface area contributed by atoms with E-state index in [9.17, 15) is 13.2 Å². The summed E-state index contributed by atoms with van der Waals surface area (Å²) in [5, 5.41) is 0.640. The van der Waals surface area contributed by atoms with Gasteiger partial charge < -0.3 is 4.57 Å². The Morgan fingerprint density at radius 2 is 1.80 bits per heavy atom. The molecule has 0 bridgehead atoms. The molecule has 0 radical (unpaired) electrons. The number of hydrogen-bond acceptors (Lipinski definition) is 0. The molecule has 0 N–H and O–H groups in total. The maximum atomic E-state index is 15.2. The molecule has 1 aromatic heterocycles. The molecular weight excluding hydrogens is 330 g/mol. The summed E-state index contributed by atoms with van der Waals surface area (Å²) >= 11 is 0. The zero-order valence-corrected chi connectivity index (χ0v) is 14.5. The molecule has 2 rings (SSSR count). The maximum Gasteiger partial charge on any atom is 0.416 e. The molecule has 0 aliphatic heterocycles. The molecule has 5 heteroatoms. The molecule has 0 fully saturated rings. The number of benzene rings is 1. The van der Waals surface area contributed by atoms with Gasteiger partial charge in [-0.25, -0.2) is 4.39 Å². The van der Waals surface area contributed by atoms with Crippen molar-refractivity contribution in [2.75, 3.05) is 0 Å². The van der Waals surface area contributed by atoms with Crippen molar-refractivity contribution in [1.82, 2.24) is 4.57 Å². The van der Waals surface area contributed by atoms with E-state index in [1.807, 2.05) is 20.8 Å². The van der Waals surface area contributed by atoms with Crippen LogP contribution in [-0.4, -0.2) is 10.7 Å². The van der Waals surface area contributed by atoms with Gasteiger partial charge in [0.1, 0.15) is 0 Å². The van der Waals surface area contributed by atoms with Crippen molar-refractivity contribution in [2.45, 2.75) is 33.5 Å². The lowest BCUT2D eigenvalue weighted by molar-refractivity contribution is -0.0867. The van der Waals surface area contributed by atoms with E-state index in [1.165, 1.54) is 12.1 Å². The molecular formula is C20H21F4N. The van der Waals surface area contributed by atoms with Crippen LogP contribution >= 0.6 is 0 Å². The van der Waals surface area contributed by atoms with E-state index in [-0.39, 0.29) is 22.1 Å². The highest BCUT2D eigenvalue weighted by Gasteiger charge is 2.35. The third kappa shape index (κ3) is 4.03. The van der Waals surface area contributed by atoms with Crippen molar-refractivity contribution in [3.8, 4) is 0 Å². The number of aromatic nitrogens is 1. The van der Waals surface area contributed by atoms with E-state index >= 15 is 4.39 Å². The van der Waals surface area contributed by atoms with Gasteiger partial charge in [-0.3, -0.25) is 0 Å². The first-order chi connectivity index (χ1) is 11.5. The third-order valence-electron chi connectivity index (χ3n) is 3.76. The van der Waals surface area contributed by atoms with Gasteiger partial charge in [-0.15, -0.1) is 0 Å². The molecule has 25 heavy (non-hydrogen) atoms. The summed E-state index contributed by atoms with van der Waals surface area (Å²) in [6, 6.07) is 4.72. The normalized spacial score (nSPS) is 13.3. The summed E-state index contributed by atoms with van der Waals surface area (Å²) in [5.74, 6) is -0.690. The first-order valence-corrected chi connectivity index (χ1v) is 7.82. The van der Waals surface area contributed by atoms with Crippen molar-refractivity contribution in [1.29, 1.82) is 0 Å². The Labute approximate surface area is 145 Å². The average molecular weight is 351 g/mol. The summed E-state index contributed by atoms with van der Waals surface area (Å²) in [4.78, 5) is 0. The van der Waals surface area contributed by atoms with Crippen molar-refractivity contribution < 1.29 is 17.6 Å². The van der Waals surface area contributed by atoms with Crippen LogP contribution in [0.15, 0.2) is 55.3 Å². The van der Waals surface area contributed by atoms with Crippen LogP contribution in [0.25, 0.3) is 16.5 Å². The average Bonchev–Trinajstić information content (AvgIpc) is 2.86. The van der Waals surface area contributed by atoms with E-state index in [0.717, 1.165) is 6.08 Å². The highest BCUT2D eigenvalue weighted by atomic mass is 19.4. The van der Waals surface area contributed by atoms with Gasteiger partial charge in [0.2, 0.25) is 0 Å². The van der Waals surface area contributed by atoms with E-state index in [4.69, 9.17) is 0 Å². The van der Waals surface area contributed by atoms with Crippen molar-refractivity contribution in [3.05, 3.63) is 66.7 Å². The number of allylic oxidation sites excluding steroid dienone is 4. The van der Waals surface area contributed by atoms with E-state index < -0.39 is 17.6 Å². The summed E-state index contributed by atoms with van der Waals surface area (Å²) in [7, 11) is 0. The number of hydrogen-bond donors (Lipinski definition) is 0. The van der Waals surface area contributed by atoms with Crippen molar-refractivity contribution >= 4 is 16.5 Å². The molecule has 0 atom stereocenters. The Morgan fingerprint density at radius 1 is 1.16 bits per heavy atom. The fourth-order valence-electron chi connectivity index (χ4n) is 2.72. The van der Waals surface area contributed by atoms with Gasteiger partial charge in [0.25, 0.3) is 0 Å². The zero-order valence-electron chi connectivity index (χ0n) is 14.5. The number of fused-ring (bicyclic) bond motifs is 1. The number of halogens is 4. The van der Waals surface area contributed by atoms with E-state index in [1.54, 1.807) is 22.9 Å². The van der Waals surface area contributed by atoms with Gasteiger partial charge in [0, 0.05) is 23.7 Å². The minimum Gasteiger partial charge on any atom is -0.345 e. The number of alkyl halides is 3. The highest BCUT2D eigenvalue weighted by molar-refractivity contribution is 5.89. The molecule has 0 aliphatic rings. The SMILES string of the molecule is C=C/C=C(\C(=C)C(F)(F)F)c1ccc2ccn(CC(C)(C)C)c2c1F. The van der Waals surface area contributed by atoms with Gasteiger partial charge in [-0.05, 0) is 17.1 Å². The van der Waals surface area contributed by atoms with Crippen molar-refractivity contribution in [3.63, 3.8) is 0 Å². The largest absolute Gasteiger partial charge is 0.416 e. The van der Waals surface area contributed by atoms with Crippen LogP contribution in [0, 0.1) is 11.2 Å². The fraction of sp³-hybridized carbons (Fsp3) is 0.300. The first-order valence-electron chi connectivity index (χ1n) is 7.82. The summed E-state index contributed by atoms with van der Waals surface area (Å²) in [6.45, 7) is 13.1. The predicted octanol–water partition coefficient (Wildman–Crippen LogP) is 6.51. The second-order valence-corrected chi connectivity index (χ2v) is 7.16. The third-order valence-corrected chi connectivity index (χ3v) is 3.76. The molecule has 0 spiro atoms. The molecule has 0 amide bonds. The first kappa shape index (κ1) is 19.0. The van der Waals surface area contributed by atoms with E-state index in [2.05, 4.69) is 13.2 Å². The molecule has 1 aromatic carbocycles. The fourth-order valence-corrected chi connectivity index (χ4v) is 2.72. The van der Waals surface area contributed by atoms with Crippen LogP contribution in [0.3, 0.4) is 0 Å². The monoisotopic (exact) mass is 351 g/mol. The quantitative estimate of drug-likeness (QED) is 0.437. The Morgan fingerprint density at radius 3 is 2.32 bits per heavy atom. The Kier molecular flexibility index (Phi) is 4.98. The smallest absolute Gasteiger partial charge is 0.345 e. The molecule has 0 saturated heterocycles. The topological polar surface area (TPSA) is 4.93 Å². The molecule has 0 unspecified atom stereocenters. The summed E-state index contributed by atoms with van der Waals surface area (Å²) < 4.78 is 56.2. The van der Waals surface area contributed by atoms with Gasteiger partial charge in [0.15, 0.2) is 5.82 Å².